The van der Waals surface area contributed by atoms with Crippen LogP contribution in [0.25, 0.3) is 0 Å². The lowest BCUT2D eigenvalue weighted by atomic mass is 9.81. The summed E-state index contributed by atoms with van der Waals surface area (Å²) in [4.78, 5) is 14.1. The van der Waals surface area contributed by atoms with E-state index in [1.165, 1.54) is 80.0 Å². The van der Waals surface area contributed by atoms with Crippen LogP contribution in [0.2, 0.25) is 0 Å². The van der Waals surface area contributed by atoms with Crippen LogP contribution in [0.15, 0.2) is 152 Å². The van der Waals surface area contributed by atoms with Gasteiger partial charge in [-0.1, -0.05) is 366 Å². The molecular weight excluding hydrogens is 1400 g/mol. The maximum Gasteiger partial charge on any atom is 0.0681 e. The van der Waals surface area contributed by atoms with E-state index < -0.39 is 0 Å². The van der Waals surface area contributed by atoms with Crippen LogP contribution in [0.3, 0.4) is 0 Å². The first kappa shape index (κ1) is 105. The Kier molecular flexibility index (Phi) is 36.0. The van der Waals surface area contributed by atoms with Gasteiger partial charge in [-0.25, -0.2) is 0 Å². The predicted octanol–water partition coefficient (Wildman–Crippen LogP) is 29.4. The average Bonchev–Trinajstić information content (AvgIpc) is 1.79. The minimum absolute atomic E-state index is 0. The third kappa shape index (κ3) is 35.5. The molecule has 2 aliphatic rings. The number of nitrogens with zero attached hydrogens (tertiary/aromatic N) is 8. The fourth-order valence-electron chi connectivity index (χ4n) is 12.3. The van der Waals surface area contributed by atoms with Crippen molar-refractivity contribution in [3.63, 3.8) is 0 Å². The van der Waals surface area contributed by atoms with E-state index in [2.05, 4.69) is 475 Å². The van der Waals surface area contributed by atoms with E-state index in [1.54, 1.807) is 5.56 Å². The van der Waals surface area contributed by atoms with E-state index in [1.807, 2.05) is 23.3 Å². The number of benzene rings is 4. The molecule has 0 amide bonds. The van der Waals surface area contributed by atoms with E-state index in [-0.39, 0.29) is 83.6 Å². The van der Waals surface area contributed by atoms with Gasteiger partial charge in [-0.3, -0.25) is 29.1 Å². The molecule has 10 rings (SSSR count). The Hall–Kier alpha value is -6.48. The highest BCUT2D eigenvalue weighted by molar-refractivity contribution is 5.38. The lowest BCUT2D eigenvalue weighted by molar-refractivity contribution is 0.0989. The Morgan fingerprint density at radius 3 is 0.887 bits per heavy atom. The summed E-state index contributed by atoms with van der Waals surface area (Å²) < 4.78 is 4.20. The van der Waals surface area contributed by atoms with Crippen LogP contribution in [0.1, 0.15) is 403 Å². The van der Waals surface area contributed by atoms with Gasteiger partial charge in [-0.15, -0.1) is 0 Å². The quantitative estimate of drug-likeness (QED) is 0.151. The first-order valence-electron chi connectivity index (χ1n) is 43.0. The molecule has 644 valence electrons. The summed E-state index contributed by atoms with van der Waals surface area (Å²) in [7, 11) is 0. The Labute approximate surface area is 710 Å². The molecule has 0 saturated carbocycles. The SMILES string of the molecule is C.CC(C)(C)c1cc2n(n1)CCN(C(C)(C)C)C2.CC(C)(C)c1ccc(C(C)(C)C)cc1.CC(C)(C)c1ccc(C(C)(C)C)nc1.CC(C)(C)c1ccc(C(C)(C)C)nc1.CC(C)(C)c1ccc2c(c1)CCN(C(C)(C)C)C2.CC(C)(C)c1cccc(C(C)(C)C)c1.CC(C)(C)c1ccccc1.CC(C)(C)c1cnn(C(C)(C)C)c1. The van der Waals surface area contributed by atoms with Crippen molar-refractivity contribution < 1.29 is 0 Å². The molecule has 0 fully saturated rings. The molecule has 115 heavy (non-hydrogen) atoms. The van der Waals surface area contributed by atoms with Gasteiger partial charge >= 0.3 is 0 Å². The predicted molar refractivity (Wildman–Crippen MR) is 509 cm³/mol. The first-order valence-corrected chi connectivity index (χ1v) is 43.0. The van der Waals surface area contributed by atoms with Crippen molar-refractivity contribution in [1.29, 1.82) is 0 Å². The van der Waals surface area contributed by atoms with E-state index >= 15 is 0 Å². The third-order valence-electron chi connectivity index (χ3n) is 21.3. The summed E-state index contributed by atoms with van der Waals surface area (Å²) in [5.74, 6) is 0. The van der Waals surface area contributed by atoms with Crippen molar-refractivity contribution in [1.82, 2.24) is 39.3 Å². The number of rotatable bonds is 0. The molecule has 0 unspecified atom stereocenters. The molecule has 0 spiro atoms. The van der Waals surface area contributed by atoms with Crippen LogP contribution in [-0.2, 0) is 96.6 Å². The van der Waals surface area contributed by atoms with Crippen molar-refractivity contribution in [2.24, 2.45) is 0 Å². The van der Waals surface area contributed by atoms with Crippen molar-refractivity contribution in [2.45, 2.75) is 427 Å². The van der Waals surface area contributed by atoms with Crippen LogP contribution < -0.4 is 0 Å². The lowest BCUT2D eigenvalue weighted by Crippen LogP contribution is -2.45. The molecule has 0 bridgehead atoms. The average molecular weight is 1570 g/mol. The largest absolute Gasteiger partial charge is 0.294 e. The molecule has 6 heterocycles. The van der Waals surface area contributed by atoms with Crippen molar-refractivity contribution in [3.05, 3.63) is 236 Å². The second-order valence-electron chi connectivity index (χ2n) is 47.9. The minimum atomic E-state index is 0. The van der Waals surface area contributed by atoms with Crippen molar-refractivity contribution >= 4 is 0 Å². The van der Waals surface area contributed by atoms with Gasteiger partial charge in [0.15, 0.2) is 0 Å². The van der Waals surface area contributed by atoms with Gasteiger partial charge in [0.25, 0.3) is 0 Å². The van der Waals surface area contributed by atoms with Crippen LogP contribution in [0, 0.1) is 0 Å². The summed E-state index contributed by atoms with van der Waals surface area (Å²) in [5.41, 5.74) is 23.6. The number of fused-ring (bicyclic) bond motifs is 2. The molecule has 0 aliphatic carbocycles. The maximum absolute atomic E-state index is 4.73. The van der Waals surface area contributed by atoms with Gasteiger partial charge < -0.3 is 0 Å². The zero-order valence-corrected chi connectivity index (χ0v) is 82.3. The summed E-state index contributed by atoms with van der Waals surface area (Å²) in [6, 6.07) is 46.5. The maximum atomic E-state index is 4.73. The van der Waals surface area contributed by atoms with Crippen molar-refractivity contribution in [3.8, 4) is 0 Å². The molecule has 8 nitrogen and oxygen atoms in total. The summed E-state index contributed by atoms with van der Waals surface area (Å²) in [6.45, 7) is 106. The summed E-state index contributed by atoms with van der Waals surface area (Å²) in [5, 5.41) is 9.10. The standard InChI is InChI=1S/C17H27N.C14H25N3.2C14H22.2C13H21N.C11H20N2.C10H14.CH4/c1-16(2,3)15-8-7-14-12-18(17(4,5)6)10-9-13(14)11-15;1-13(2,3)12-9-11-10-16(14(4,5)6)7-8-17(11)15-12;1-13(2,3)11-7-9-12(10-8-11)14(4,5)6;1-13(2,3)11-8-7-9-12(10-11)14(4,5)6;2*1-12(2,3)10-7-8-11(14-9-10)13(4,5)6;1-10(2,3)9-7-12-13(8-9)11(4,5)6;1-10(2,3)9-7-5-4-6-8-9;/h7-8,11H,9-10,12H2,1-6H3;9H,7-8,10H2,1-6H3;2*7-10H,1-6H3;2*7-9H,1-6H3;7-8H,1-6H3;4-8H,1-3H3;1H4. The smallest absolute Gasteiger partial charge is 0.0681 e. The first-order chi connectivity index (χ1) is 51.0. The molecule has 0 N–H and O–H groups in total. The molecule has 8 heteroatoms. The topological polar surface area (TPSA) is 67.9 Å². The van der Waals surface area contributed by atoms with E-state index in [9.17, 15) is 0 Å². The molecule has 4 aromatic carbocycles. The second-order valence-corrected chi connectivity index (χ2v) is 47.9. The van der Waals surface area contributed by atoms with Crippen LogP contribution >= 0.6 is 0 Å². The molecule has 0 atom stereocenters. The molecular formula is C107H176N8. The minimum Gasteiger partial charge on any atom is -0.294 e. The van der Waals surface area contributed by atoms with E-state index in [0.29, 0.717) is 5.41 Å². The number of hydrogen-bond acceptors (Lipinski definition) is 6. The van der Waals surface area contributed by atoms with E-state index in [0.717, 1.165) is 37.6 Å². The molecule has 4 aromatic heterocycles. The Balaban J connectivity index is 0.000000447. The van der Waals surface area contributed by atoms with Crippen molar-refractivity contribution in [2.75, 3.05) is 13.1 Å². The summed E-state index contributed by atoms with van der Waals surface area (Å²) in [6.07, 6.45) is 9.29. The zero-order valence-electron chi connectivity index (χ0n) is 82.3. The highest BCUT2D eigenvalue weighted by atomic mass is 15.4. The molecule has 8 aromatic rings. The number of pyridine rings is 2. The van der Waals surface area contributed by atoms with Crippen LogP contribution in [0.4, 0.5) is 0 Å². The summed E-state index contributed by atoms with van der Waals surface area (Å²) >= 11 is 0. The Morgan fingerprint density at radius 1 is 0.252 bits per heavy atom. The van der Waals surface area contributed by atoms with Gasteiger partial charge in [-0.05, 0) is 197 Å². The van der Waals surface area contributed by atoms with Gasteiger partial charge in [0.2, 0.25) is 0 Å². The van der Waals surface area contributed by atoms with Crippen LogP contribution in [-0.4, -0.2) is 63.5 Å². The number of aromatic nitrogens is 6. The monoisotopic (exact) mass is 1570 g/mol. The number of hydrogen-bond donors (Lipinski definition) is 0. The van der Waals surface area contributed by atoms with Gasteiger partial charge in [0.05, 0.1) is 29.7 Å². The normalized spacial score (nSPS) is 14.3. The Morgan fingerprint density at radius 2 is 0.583 bits per heavy atom. The fraction of sp³-hybridized carbons (Fsp3) is 0.626. The van der Waals surface area contributed by atoms with Gasteiger partial charge in [0.1, 0.15) is 0 Å². The Bertz CT molecular complexity index is 3820. The highest BCUT2D eigenvalue weighted by Gasteiger charge is 2.31. The van der Waals surface area contributed by atoms with Gasteiger partial charge in [0, 0.05) is 83.5 Å². The van der Waals surface area contributed by atoms with Crippen LogP contribution in [0.5, 0.6) is 0 Å². The lowest BCUT2D eigenvalue weighted by Gasteiger charge is -2.39. The molecule has 0 saturated heterocycles. The third-order valence-corrected chi connectivity index (χ3v) is 21.3. The van der Waals surface area contributed by atoms with Gasteiger partial charge in [-0.2, -0.15) is 10.2 Å². The fourth-order valence-corrected chi connectivity index (χ4v) is 12.3. The van der Waals surface area contributed by atoms with E-state index in [4.69, 9.17) is 5.10 Å². The zero-order chi connectivity index (χ0) is 88.2. The molecule has 0 radical (unpaired) electrons. The highest BCUT2D eigenvalue weighted by Crippen LogP contribution is 2.35. The molecule has 2 aliphatic heterocycles. The second kappa shape index (κ2) is 39.6.